The maximum Gasteiger partial charge on any atom is 0.248 e. The zero-order chi connectivity index (χ0) is 14.0. The second-order valence-electron chi connectivity index (χ2n) is 5.69. The van der Waals surface area contributed by atoms with Gasteiger partial charge in [-0.1, -0.05) is 0 Å². The Labute approximate surface area is 113 Å². The fourth-order valence-electron chi connectivity index (χ4n) is 3.05. The van der Waals surface area contributed by atoms with Crippen molar-refractivity contribution in [3.05, 3.63) is 17.5 Å². The Hall–Kier alpha value is -0.970. The molecule has 3 nitrogen and oxygen atoms in total. The van der Waals surface area contributed by atoms with Crippen molar-refractivity contribution >= 4 is 0 Å². The summed E-state index contributed by atoms with van der Waals surface area (Å²) in [6.45, 7) is 1.97. The molecule has 2 rings (SSSR count). The van der Waals surface area contributed by atoms with Crippen LogP contribution in [0.2, 0.25) is 0 Å². The van der Waals surface area contributed by atoms with Gasteiger partial charge in [-0.05, 0) is 38.8 Å². The van der Waals surface area contributed by atoms with E-state index in [0.717, 1.165) is 17.8 Å². The van der Waals surface area contributed by atoms with Crippen LogP contribution < -0.4 is 5.32 Å². The van der Waals surface area contributed by atoms with Crippen molar-refractivity contribution in [1.82, 2.24) is 15.1 Å². The molecule has 1 N–H and O–H groups in total. The first-order valence-electron chi connectivity index (χ1n) is 6.96. The summed E-state index contributed by atoms with van der Waals surface area (Å²) in [7, 11) is 3.85. The molecule has 1 heterocycles. The summed E-state index contributed by atoms with van der Waals surface area (Å²) in [5.41, 5.74) is 2.16. The standard InChI is InChI=1S/C14H23F2N3/c1-10-8-12(19(3)18-10)9-13(17-2)11-4-6-14(15,16)7-5-11/h8,11,13,17H,4-7,9H2,1-3H3. The van der Waals surface area contributed by atoms with Gasteiger partial charge < -0.3 is 5.32 Å². The number of hydrogen-bond acceptors (Lipinski definition) is 2. The highest BCUT2D eigenvalue weighted by molar-refractivity contribution is 5.10. The van der Waals surface area contributed by atoms with Gasteiger partial charge in [0.25, 0.3) is 0 Å². The molecule has 1 saturated carbocycles. The molecule has 1 atom stereocenters. The summed E-state index contributed by atoms with van der Waals surface area (Å²) >= 11 is 0. The van der Waals surface area contributed by atoms with Crippen molar-refractivity contribution in [2.75, 3.05) is 7.05 Å². The highest BCUT2D eigenvalue weighted by Crippen LogP contribution is 2.37. The molecule has 0 aliphatic heterocycles. The molecule has 1 aliphatic carbocycles. The molecule has 1 aromatic rings. The summed E-state index contributed by atoms with van der Waals surface area (Å²) in [5.74, 6) is -2.11. The van der Waals surface area contributed by atoms with Gasteiger partial charge in [0.1, 0.15) is 0 Å². The molecule has 108 valence electrons. The van der Waals surface area contributed by atoms with Crippen LogP contribution in [-0.2, 0) is 13.5 Å². The number of hydrogen-bond donors (Lipinski definition) is 1. The third kappa shape index (κ3) is 3.53. The van der Waals surface area contributed by atoms with E-state index in [0.29, 0.717) is 18.8 Å². The van der Waals surface area contributed by atoms with Crippen molar-refractivity contribution < 1.29 is 8.78 Å². The Morgan fingerprint density at radius 2 is 2.11 bits per heavy atom. The lowest BCUT2D eigenvalue weighted by Gasteiger charge is -2.33. The van der Waals surface area contributed by atoms with Crippen molar-refractivity contribution in [3.8, 4) is 0 Å². The first-order chi connectivity index (χ1) is 8.91. The van der Waals surface area contributed by atoms with Crippen LogP contribution in [0.3, 0.4) is 0 Å². The highest BCUT2D eigenvalue weighted by Gasteiger charge is 2.37. The van der Waals surface area contributed by atoms with E-state index >= 15 is 0 Å². The fourth-order valence-corrected chi connectivity index (χ4v) is 3.05. The highest BCUT2D eigenvalue weighted by atomic mass is 19.3. The van der Waals surface area contributed by atoms with Gasteiger partial charge in [0.15, 0.2) is 0 Å². The summed E-state index contributed by atoms with van der Waals surface area (Å²) in [6, 6.07) is 2.33. The summed E-state index contributed by atoms with van der Waals surface area (Å²) < 4.78 is 28.3. The molecular formula is C14H23F2N3. The van der Waals surface area contributed by atoms with E-state index in [1.807, 2.05) is 25.7 Å². The molecule has 1 aliphatic rings. The van der Waals surface area contributed by atoms with E-state index < -0.39 is 5.92 Å². The number of nitrogens with zero attached hydrogens (tertiary/aromatic N) is 2. The molecular weight excluding hydrogens is 248 g/mol. The van der Waals surface area contributed by atoms with E-state index in [4.69, 9.17) is 0 Å². The lowest BCUT2D eigenvalue weighted by atomic mass is 9.80. The van der Waals surface area contributed by atoms with Crippen LogP contribution >= 0.6 is 0 Å². The SMILES string of the molecule is CNC(Cc1cc(C)nn1C)C1CCC(F)(F)CC1. The summed E-state index contributed by atoms with van der Waals surface area (Å²) in [6.07, 6.45) is 2.12. The van der Waals surface area contributed by atoms with Gasteiger partial charge in [0, 0.05) is 38.0 Å². The number of halogens is 2. The second-order valence-corrected chi connectivity index (χ2v) is 5.69. The molecule has 0 spiro atoms. The van der Waals surface area contributed by atoms with Gasteiger partial charge in [-0.25, -0.2) is 8.78 Å². The molecule has 0 bridgehead atoms. The molecule has 19 heavy (non-hydrogen) atoms. The minimum Gasteiger partial charge on any atom is -0.316 e. The Bertz CT molecular complexity index is 418. The topological polar surface area (TPSA) is 29.9 Å². The molecule has 0 radical (unpaired) electrons. The van der Waals surface area contributed by atoms with E-state index in [1.54, 1.807) is 0 Å². The lowest BCUT2D eigenvalue weighted by Crippen LogP contribution is -2.40. The molecule has 1 aromatic heterocycles. The largest absolute Gasteiger partial charge is 0.316 e. The Morgan fingerprint density at radius 3 is 2.58 bits per heavy atom. The zero-order valence-corrected chi connectivity index (χ0v) is 11.9. The third-order valence-corrected chi connectivity index (χ3v) is 4.23. The molecule has 5 heteroatoms. The van der Waals surface area contributed by atoms with Crippen LogP contribution in [0.4, 0.5) is 8.78 Å². The van der Waals surface area contributed by atoms with Gasteiger partial charge in [-0.3, -0.25) is 4.68 Å². The van der Waals surface area contributed by atoms with E-state index in [9.17, 15) is 8.78 Å². The van der Waals surface area contributed by atoms with E-state index in [1.165, 1.54) is 0 Å². The number of aryl methyl sites for hydroxylation is 2. The lowest BCUT2D eigenvalue weighted by molar-refractivity contribution is -0.0493. The maximum atomic E-state index is 13.2. The van der Waals surface area contributed by atoms with Crippen LogP contribution in [0.1, 0.15) is 37.1 Å². The number of aromatic nitrogens is 2. The van der Waals surface area contributed by atoms with E-state index in [2.05, 4.69) is 16.5 Å². The number of alkyl halides is 2. The van der Waals surface area contributed by atoms with E-state index in [-0.39, 0.29) is 18.9 Å². The first kappa shape index (κ1) is 14.4. The average molecular weight is 271 g/mol. The number of nitrogens with one attached hydrogen (secondary N) is 1. The smallest absolute Gasteiger partial charge is 0.248 e. The first-order valence-corrected chi connectivity index (χ1v) is 6.96. The molecule has 1 fully saturated rings. The van der Waals surface area contributed by atoms with Crippen molar-refractivity contribution in [1.29, 1.82) is 0 Å². The summed E-state index contributed by atoms with van der Waals surface area (Å²) in [5, 5.41) is 7.63. The molecule has 0 saturated heterocycles. The second kappa shape index (κ2) is 5.57. The summed E-state index contributed by atoms with van der Waals surface area (Å²) in [4.78, 5) is 0. The van der Waals surface area contributed by atoms with Crippen molar-refractivity contribution in [2.24, 2.45) is 13.0 Å². The van der Waals surface area contributed by atoms with Gasteiger partial charge in [-0.15, -0.1) is 0 Å². The van der Waals surface area contributed by atoms with Crippen molar-refractivity contribution in [2.45, 2.75) is 51.0 Å². The third-order valence-electron chi connectivity index (χ3n) is 4.23. The van der Waals surface area contributed by atoms with Crippen LogP contribution in [0.25, 0.3) is 0 Å². The monoisotopic (exact) mass is 271 g/mol. The molecule has 0 aromatic carbocycles. The Balaban J connectivity index is 1.99. The quantitative estimate of drug-likeness (QED) is 0.912. The molecule has 1 unspecified atom stereocenters. The predicted molar refractivity (Wildman–Crippen MR) is 71.4 cm³/mol. The maximum absolute atomic E-state index is 13.2. The van der Waals surface area contributed by atoms with Crippen LogP contribution in [0, 0.1) is 12.8 Å². The van der Waals surface area contributed by atoms with Gasteiger partial charge >= 0.3 is 0 Å². The van der Waals surface area contributed by atoms with Crippen LogP contribution in [0.15, 0.2) is 6.07 Å². The molecule has 0 amide bonds. The van der Waals surface area contributed by atoms with Gasteiger partial charge in [0.2, 0.25) is 5.92 Å². The Morgan fingerprint density at radius 1 is 1.47 bits per heavy atom. The zero-order valence-electron chi connectivity index (χ0n) is 11.9. The normalized spacial score (nSPS) is 21.5. The Kier molecular flexibility index (Phi) is 4.23. The number of likely N-dealkylation sites (N-methyl/N-ethyl adjacent to an activating group) is 1. The minimum absolute atomic E-state index is 0.0280. The van der Waals surface area contributed by atoms with Crippen LogP contribution in [0.5, 0.6) is 0 Å². The number of rotatable bonds is 4. The van der Waals surface area contributed by atoms with Crippen LogP contribution in [-0.4, -0.2) is 28.8 Å². The van der Waals surface area contributed by atoms with Gasteiger partial charge in [-0.2, -0.15) is 5.10 Å². The average Bonchev–Trinajstić information content (AvgIpc) is 2.65. The predicted octanol–water partition coefficient (Wildman–Crippen LogP) is 2.68. The fraction of sp³-hybridized carbons (Fsp3) is 0.786. The minimum atomic E-state index is -2.45. The van der Waals surface area contributed by atoms with Gasteiger partial charge in [0.05, 0.1) is 5.69 Å². The van der Waals surface area contributed by atoms with Crippen molar-refractivity contribution in [3.63, 3.8) is 0 Å².